The van der Waals surface area contributed by atoms with Crippen LogP contribution in [0.3, 0.4) is 0 Å². The molecule has 0 bridgehead atoms. The van der Waals surface area contributed by atoms with Gasteiger partial charge in [-0.1, -0.05) is 48.5 Å². The van der Waals surface area contributed by atoms with Gasteiger partial charge < -0.3 is 4.57 Å². The maximum absolute atomic E-state index is 4.47. The molecule has 3 aromatic rings. The summed E-state index contributed by atoms with van der Waals surface area (Å²) >= 11 is 0. The number of rotatable bonds is 3. The number of hydrogen-bond donors (Lipinski definition) is 0. The maximum atomic E-state index is 4.47. The minimum absolute atomic E-state index is 0.902. The molecule has 0 fully saturated rings. The second kappa shape index (κ2) is 5.78. The van der Waals surface area contributed by atoms with Gasteiger partial charge in [0.1, 0.15) is 0 Å². The van der Waals surface area contributed by atoms with Crippen molar-refractivity contribution >= 4 is 16.6 Å². The lowest BCUT2D eigenvalue weighted by Crippen LogP contribution is -2.30. The standard InChI is InChI=1S/C19H19N3/c1-2-6-16(7-3-1)17-10-12-21(13-11-17)15-22-14-20-18-8-4-5-9-19(18)22/h1-10,14H,11-13,15H2. The summed E-state index contributed by atoms with van der Waals surface area (Å²) in [6, 6.07) is 19.0. The zero-order valence-corrected chi connectivity index (χ0v) is 12.5. The molecule has 0 spiro atoms. The predicted molar refractivity (Wildman–Crippen MR) is 90.3 cm³/mol. The van der Waals surface area contributed by atoms with Crippen molar-refractivity contribution in [2.75, 3.05) is 13.1 Å². The predicted octanol–water partition coefficient (Wildman–Crippen LogP) is 3.78. The lowest BCUT2D eigenvalue weighted by atomic mass is 10.00. The lowest BCUT2D eigenvalue weighted by molar-refractivity contribution is 0.244. The largest absolute Gasteiger partial charge is 0.317 e. The van der Waals surface area contributed by atoms with Crippen molar-refractivity contribution in [2.45, 2.75) is 13.1 Å². The second-order valence-corrected chi connectivity index (χ2v) is 5.77. The summed E-state index contributed by atoms with van der Waals surface area (Å²) in [7, 11) is 0. The highest BCUT2D eigenvalue weighted by Crippen LogP contribution is 2.22. The van der Waals surface area contributed by atoms with Crippen molar-refractivity contribution in [1.29, 1.82) is 0 Å². The van der Waals surface area contributed by atoms with E-state index >= 15 is 0 Å². The first-order valence-corrected chi connectivity index (χ1v) is 7.77. The van der Waals surface area contributed by atoms with Crippen molar-refractivity contribution in [1.82, 2.24) is 14.5 Å². The third kappa shape index (κ3) is 2.55. The molecule has 110 valence electrons. The first-order valence-electron chi connectivity index (χ1n) is 7.77. The van der Waals surface area contributed by atoms with E-state index in [1.165, 1.54) is 16.7 Å². The summed E-state index contributed by atoms with van der Waals surface area (Å²) in [5.41, 5.74) is 5.10. The molecule has 0 atom stereocenters. The summed E-state index contributed by atoms with van der Waals surface area (Å²) in [6.07, 6.45) is 5.41. The van der Waals surface area contributed by atoms with E-state index in [0.717, 1.165) is 31.7 Å². The van der Waals surface area contributed by atoms with E-state index in [1.54, 1.807) is 0 Å². The molecular formula is C19H19N3. The number of para-hydroxylation sites is 2. The molecule has 2 heterocycles. The average molecular weight is 289 g/mol. The Labute approximate surface area is 130 Å². The van der Waals surface area contributed by atoms with Gasteiger partial charge in [-0.25, -0.2) is 4.98 Å². The minimum atomic E-state index is 0.902. The van der Waals surface area contributed by atoms with Crippen LogP contribution in [0.15, 0.2) is 67.0 Å². The topological polar surface area (TPSA) is 21.1 Å². The number of fused-ring (bicyclic) bond motifs is 1. The fourth-order valence-corrected chi connectivity index (χ4v) is 3.09. The number of hydrogen-bond acceptors (Lipinski definition) is 2. The Morgan fingerprint density at radius 3 is 2.59 bits per heavy atom. The maximum Gasteiger partial charge on any atom is 0.0969 e. The van der Waals surface area contributed by atoms with Gasteiger partial charge in [-0.05, 0) is 29.7 Å². The second-order valence-electron chi connectivity index (χ2n) is 5.77. The third-order valence-corrected chi connectivity index (χ3v) is 4.32. The highest BCUT2D eigenvalue weighted by Gasteiger charge is 2.13. The monoisotopic (exact) mass is 289 g/mol. The molecule has 0 saturated carbocycles. The number of imidazole rings is 1. The Morgan fingerprint density at radius 2 is 1.77 bits per heavy atom. The van der Waals surface area contributed by atoms with Gasteiger partial charge in [0, 0.05) is 13.1 Å². The normalized spacial score (nSPS) is 15.9. The molecule has 3 nitrogen and oxygen atoms in total. The van der Waals surface area contributed by atoms with Gasteiger partial charge >= 0.3 is 0 Å². The Morgan fingerprint density at radius 1 is 0.955 bits per heavy atom. The van der Waals surface area contributed by atoms with Crippen molar-refractivity contribution in [3.63, 3.8) is 0 Å². The van der Waals surface area contributed by atoms with Crippen LogP contribution in [0.25, 0.3) is 16.6 Å². The number of aromatic nitrogens is 2. The molecule has 22 heavy (non-hydrogen) atoms. The van der Waals surface area contributed by atoms with E-state index < -0.39 is 0 Å². The van der Waals surface area contributed by atoms with Crippen LogP contribution in [0.4, 0.5) is 0 Å². The van der Waals surface area contributed by atoms with Gasteiger partial charge in [-0.15, -0.1) is 0 Å². The molecule has 0 aliphatic carbocycles. The van der Waals surface area contributed by atoms with Gasteiger partial charge in [0.05, 0.1) is 24.0 Å². The van der Waals surface area contributed by atoms with Crippen LogP contribution in [0, 0.1) is 0 Å². The Balaban J connectivity index is 1.49. The molecule has 3 heteroatoms. The van der Waals surface area contributed by atoms with Gasteiger partial charge in [0.25, 0.3) is 0 Å². The lowest BCUT2D eigenvalue weighted by Gasteiger charge is -2.27. The summed E-state index contributed by atoms with van der Waals surface area (Å²) in [4.78, 5) is 6.93. The molecule has 0 radical (unpaired) electrons. The Bertz CT molecular complexity index is 802. The average Bonchev–Trinajstić information content (AvgIpc) is 3.00. The Kier molecular flexibility index (Phi) is 3.49. The fraction of sp³-hybridized carbons (Fsp3) is 0.211. The van der Waals surface area contributed by atoms with Crippen LogP contribution in [0.2, 0.25) is 0 Å². The fourth-order valence-electron chi connectivity index (χ4n) is 3.09. The van der Waals surface area contributed by atoms with E-state index in [4.69, 9.17) is 0 Å². The van der Waals surface area contributed by atoms with Crippen LogP contribution in [-0.2, 0) is 6.67 Å². The molecule has 0 amide bonds. The molecule has 2 aromatic carbocycles. The zero-order chi connectivity index (χ0) is 14.8. The first-order chi connectivity index (χ1) is 10.9. The van der Waals surface area contributed by atoms with Gasteiger partial charge in [-0.3, -0.25) is 4.90 Å². The van der Waals surface area contributed by atoms with Gasteiger partial charge in [-0.2, -0.15) is 0 Å². The molecule has 0 unspecified atom stereocenters. The van der Waals surface area contributed by atoms with Crippen molar-refractivity contribution < 1.29 is 0 Å². The third-order valence-electron chi connectivity index (χ3n) is 4.32. The minimum Gasteiger partial charge on any atom is -0.317 e. The summed E-state index contributed by atoms with van der Waals surface area (Å²) < 4.78 is 2.23. The van der Waals surface area contributed by atoms with Crippen LogP contribution in [0.1, 0.15) is 12.0 Å². The summed E-state index contributed by atoms with van der Waals surface area (Å²) in [5.74, 6) is 0. The highest BCUT2D eigenvalue weighted by atomic mass is 15.3. The zero-order valence-electron chi connectivity index (χ0n) is 12.5. The van der Waals surface area contributed by atoms with E-state index in [2.05, 4.69) is 69.1 Å². The van der Waals surface area contributed by atoms with Gasteiger partial charge in [0.2, 0.25) is 0 Å². The molecule has 4 rings (SSSR count). The van der Waals surface area contributed by atoms with E-state index in [-0.39, 0.29) is 0 Å². The molecule has 0 N–H and O–H groups in total. The summed E-state index contributed by atoms with van der Waals surface area (Å²) in [5, 5.41) is 0. The van der Waals surface area contributed by atoms with Gasteiger partial charge in [0.15, 0.2) is 0 Å². The van der Waals surface area contributed by atoms with Crippen molar-refractivity contribution in [3.05, 3.63) is 72.6 Å². The van der Waals surface area contributed by atoms with Crippen LogP contribution in [-0.4, -0.2) is 27.5 Å². The Hall–Kier alpha value is -2.39. The van der Waals surface area contributed by atoms with Crippen LogP contribution < -0.4 is 0 Å². The van der Waals surface area contributed by atoms with Crippen LogP contribution in [0.5, 0.6) is 0 Å². The number of benzene rings is 2. The van der Waals surface area contributed by atoms with Crippen LogP contribution >= 0.6 is 0 Å². The molecular weight excluding hydrogens is 270 g/mol. The molecule has 1 aliphatic rings. The molecule has 1 aliphatic heterocycles. The first kappa shape index (κ1) is 13.3. The SMILES string of the molecule is C1=C(c2ccccc2)CCN(Cn2cnc3ccccc32)C1. The van der Waals surface area contributed by atoms with E-state index in [1.807, 2.05) is 12.4 Å². The highest BCUT2D eigenvalue weighted by molar-refractivity contribution is 5.74. The molecule has 1 aromatic heterocycles. The van der Waals surface area contributed by atoms with Crippen molar-refractivity contribution in [2.24, 2.45) is 0 Å². The van der Waals surface area contributed by atoms with E-state index in [0.29, 0.717) is 0 Å². The van der Waals surface area contributed by atoms with Crippen molar-refractivity contribution in [3.8, 4) is 0 Å². The smallest absolute Gasteiger partial charge is 0.0969 e. The van der Waals surface area contributed by atoms with E-state index in [9.17, 15) is 0 Å². The quantitative estimate of drug-likeness (QED) is 0.731. The summed E-state index contributed by atoms with van der Waals surface area (Å²) in [6.45, 7) is 2.99. The molecule has 0 saturated heterocycles. The number of nitrogens with zero attached hydrogens (tertiary/aromatic N) is 3.